The summed E-state index contributed by atoms with van der Waals surface area (Å²) in [6.07, 6.45) is 1.50. The second-order valence-electron chi connectivity index (χ2n) is 3.19. The van der Waals surface area contributed by atoms with E-state index in [4.69, 9.17) is 5.73 Å². The minimum atomic E-state index is -0.712. The van der Waals surface area contributed by atoms with E-state index < -0.39 is 10.8 Å². The molecule has 0 aliphatic rings. The number of benzene rings is 1. The summed E-state index contributed by atoms with van der Waals surface area (Å²) < 4.78 is 0. The van der Waals surface area contributed by atoms with Crippen LogP contribution in [-0.4, -0.2) is 15.8 Å². The van der Waals surface area contributed by atoms with Crippen LogP contribution in [0.1, 0.15) is 10.4 Å². The molecule has 0 bridgehead atoms. The number of non-ortho nitro benzene ring substituents is 1. The van der Waals surface area contributed by atoms with E-state index in [1.165, 1.54) is 12.3 Å². The van der Waals surface area contributed by atoms with Crippen molar-refractivity contribution in [3.05, 3.63) is 46.1 Å². The number of nitrogens with zero attached hydrogens (tertiary/aromatic N) is 2. The number of hydrogen-bond acceptors (Lipinski definition) is 4. The normalized spacial score (nSPS) is 10.2. The zero-order valence-electron chi connectivity index (χ0n) is 8.08. The Kier molecular flexibility index (Phi) is 2.24. The Hall–Kier alpha value is -2.50. The summed E-state index contributed by atoms with van der Waals surface area (Å²) in [5.74, 6) is -0.712. The first-order chi connectivity index (χ1) is 7.59. The molecule has 2 N–H and O–H groups in total. The van der Waals surface area contributed by atoms with Crippen LogP contribution in [0.25, 0.3) is 10.9 Å². The monoisotopic (exact) mass is 217 g/mol. The predicted octanol–water partition coefficient (Wildman–Crippen LogP) is 1.24. The van der Waals surface area contributed by atoms with Crippen molar-refractivity contribution in [3.63, 3.8) is 0 Å². The van der Waals surface area contributed by atoms with Crippen molar-refractivity contribution in [3.8, 4) is 0 Å². The first-order valence-electron chi connectivity index (χ1n) is 4.42. The van der Waals surface area contributed by atoms with Gasteiger partial charge in [-0.05, 0) is 18.2 Å². The highest BCUT2D eigenvalue weighted by molar-refractivity contribution is 6.00. The summed E-state index contributed by atoms with van der Waals surface area (Å²) in [5, 5.41) is 11.2. The van der Waals surface area contributed by atoms with Crippen molar-refractivity contribution in [2.24, 2.45) is 5.73 Å². The van der Waals surface area contributed by atoms with Crippen molar-refractivity contribution in [2.75, 3.05) is 0 Å². The maximum atomic E-state index is 11.0. The van der Waals surface area contributed by atoms with Crippen molar-refractivity contribution in [2.45, 2.75) is 0 Å². The molecule has 6 nitrogen and oxygen atoms in total. The van der Waals surface area contributed by atoms with E-state index >= 15 is 0 Å². The Morgan fingerprint density at radius 3 is 2.81 bits per heavy atom. The van der Waals surface area contributed by atoms with E-state index in [-0.39, 0.29) is 11.3 Å². The van der Waals surface area contributed by atoms with Crippen molar-refractivity contribution >= 4 is 22.5 Å². The molecule has 6 heteroatoms. The fraction of sp³-hybridized carbons (Fsp3) is 0. The molecule has 0 atom stereocenters. The summed E-state index contributed by atoms with van der Waals surface area (Å²) in [5.41, 5.74) is 5.38. The van der Waals surface area contributed by atoms with E-state index in [1.54, 1.807) is 12.1 Å². The molecule has 1 aromatic heterocycles. The van der Waals surface area contributed by atoms with E-state index in [2.05, 4.69) is 4.98 Å². The number of pyridine rings is 1. The summed E-state index contributed by atoms with van der Waals surface area (Å²) >= 11 is 0. The molecule has 1 aromatic carbocycles. The van der Waals surface area contributed by atoms with Gasteiger partial charge in [0.2, 0.25) is 5.91 Å². The molecule has 0 aliphatic heterocycles. The molecule has 1 amide bonds. The van der Waals surface area contributed by atoms with Crippen molar-refractivity contribution in [1.82, 2.24) is 4.98 Å². The van der Waals surface area contributed by atoms with Gasteiger partial charge in [0.05, 0.1) is 15.8 Å². The van der Waals surface area contributed by atoms with E-state index in [0.29, 0.717) is 10.9 Å². The quantitative estimate of drug-likeness (QED) is 0.604. The fourth-order valence-electron chi connectivity index (χ4n) is 1.46. The molecule has 80 valence electrons. The molecule has 0 saturated carbocycles. The zero-order valence-corrected chi connectivity index (χ0v) is 8.08. The lowest BCUT2D eigenvalue weighted by Crippen LogP contribution is -2.11. The highest BCUT2D eigenvalue weighted by atomic mass is 16.6. The second-order valence-corrected chi connectivity index (χ2v) is 3.19. The van der Waals surface area contributed by atoms with Crippen molar-refractivity contribution in [1.29, 1.82) is 0 Å². The third-order valence-corrected chi connectivity index (χ3v) is 2.18. The van der Waals surface area contributed by atoms with Crippen molar-refractivity contribution < 1.29 is 9.72 Å². The van der Waals surface area contributed by atoms with Crippen LogP contribution in [0.5, 0.6) is 0 Å². The molecule has 0 spiro atoms. The van der Waals surface area contributed by atoms with Gasteiger partial charge in [-0.1, -0.05) is 0 Å². The lowest BCUT2D eigenvalue weighted by atomic mass is 10.1. The molecule has 0 radical (unpaired) electrons. The van der Waals surface area contributed by atoms with Crippen LogP contribution in [0.4, 0.5) is 5.69 Å². The number of hydrogen-bond donors (Lipinski definition) is 1. The number of nitrogens with two attached hydrogens (primary N) is 1. The predicted molar refractivity (Wildman–Crippen MR) is 56.9 cm³/mol. The number of amides is 1. The topological polar surface area (TPSA) is 99.1 Å². The largest absolute Gasteiger partial charge is 0.366 e. The smallest absolute Gasteiger partial charge is 0.279 e. The van der Waals surface area contributed by atoms with Gasteiger partial charge < -0.3 is 5.73 Å². The van der Waals surface area contributed by atoms with Gasteiger partial charge in [-0.25, -0.2) is 0 Å². The van der Waals surface area contributed by atoms with Gasteiger partial charge in [-0.2, -0.15) is 0 Å². The molecule has 0 saturated heterocycles. The average molecular weight is 217 g/mol. The van der Waals surface area contributed by atoms with E-state index in [0.717, 1.165) is 6.07 Å². The third kappa shape index (κ3) is 1.56. The van der Waals surface area contributed by atoms with Gasteiger partial charge in [0.25, 0.3) is 5.69 Å². The van der Waals surface area contributed by atoms with Crippen LogP contribution in [0.15, 0.2) is 30.5 Å². The number of aromatic nitrogens is 1. The Labute approximate surface area is 89.9 Å². The fourth-order valence-corrected chi connectivity index (χ4v) is 1.46. The van der Waals surface area contributed by atoms with Gasteiger partial charge in [-0.3, -0.25) is 19.9 Å². The molecule has 2 rings (SSSR count). The maximum absolute atomic E-state index is 11.0. The summed E-state index contributed by atoms with van der Waals surface area (Å²) in [7, 11) is 0. The number of carbonyl (C=O) groups excluding carboxylic acids is 1. The molecule has 2 aromatic rings. The zero-order chi connectivity index (χ0) is 11.7. The Morgan fingerprint density at radius 1 is 1.44 bits per heavy atom. The summed E-state index contributed by atoms with van der Waals surface area (Å²) in [4.78, 5) is 25.2. The maximum Gasteiger partial charge on any atom is 0.279 e. The number of rotatable bonds is 2. The van der Waals surface area contributed by atoms with Crippen LogP contribution < -0.4 is 5.73 Å². The van der Waals surface area contributed by atoms with Gasteiger partial charge in [0, 0.05) is 17.8 Å². The van der Waals surface area contributed by atoms with Gasteiger partial charge in [0.1, 0.15) is 0 Å². The van der Waals surface area contributed by atoms with Crippen LogP contribution in [-0.2, 0) is 0 Å². The van der Waals surface area contributed by atoms with E-state index in [9.17, 15) is 14.9 Å². The second kappa shape index (κ2) is 3.58. The molecule has 0 unspecified atom stereocenters. The van der Waals surface area contributed by atoms with Crippen LogP contribution in [0.2, 0.25) is 0 Å². The van der Waals surface area contributed by atoms with E-state index in [1.807, 2.05) is 0 Å². The number of fused-ring (bicyclic) bond motifs is 1. The highest BCUT2D eigenvalue weighted by Crippen LogP contribution is 2.25. The lowest BCUT2D eigenvalue weighted by Gasteiger charge is -2.01. The van der Waals surface area contributed by atoms with Crippen LogP contribution in [0, 0.1) is 10.1 Å². The first kappa shape index (κ1) is 10.0. The first-order valence-corrected chi connectivity index (χ1v) is 4.42. The van der Waals surface area contributed by atoms with Crippen LogP contribution >= 0.6 is 0 Å². The number of nitro benzene ring substituents is 1. The molecule has 0 aliphatic carbocycles. The SMILES string of the molecule is NC(=O)c1cc([N+](=O)[O-])c2cccnc2c1. The number of primary amides is 1. The number of carbonyl (C=O) groups is 1. The average Bonchev–Trinajstić information content (AvgIpc) is 2.27. The molecule has 0 fully saturated rings. The van der Waals surface area contributed by atoms with Gasteiger partial charge >= 0.3 is 0 Å². The lowest BCUT2D eigenvalue weighted by molar-refractivity contribution is -0.383. The van der Waals surface area contributed by atoms with Gasteiger partial charge in [0.15, 0.2) is 0 Å². The Morgan fingerprint density at radius 2 is 2.19 bits per heavy atom. The molecule has 1 heterocycles. The minimum Gasteiger partial charge on any atom is -0.366 e. The Bertz CT molecular complexity index is 595. The number of nitro groups is 1. The third-order valence-electron chi connectivity index (χ3n) is 2.18. The van der Waals surface area contributed by atoms with Crippen LogP contribution in [0.3, 0.4) is 0 Å². The molecule has 16 heavy (non-hydrogen) atoms. The van der Waals surface area contributed by atoms with Gasteiger partial charge in [-0.15, -0.1) is 0 Å². The summed E-state index contributed by atoms with van der Waals surface area (Å²) in [6, 6.07) is 5.77. The highest BCUT2D eigenvalue weighted by Gasteiger charge is 2.15. The standard InChI is InChI=1S/C10H7N3O3/c11-10(14)6-4-8-7(2-1-3-12-8)9(5-6)13(15)16/h1-5H,(H2,11,14). The molecular formula is C10H7N3O3. The Balaban J connectivity index is 2.84. The molecular weight excluding hydrogens is 210 g/mol. The summed E-state index contributed by atoms with van der Waals surface area (Å²) in [6.45, 7) is 0. The minimum absolute atomic E-state index is 0.0814.